The van der Waals surface area contributed by atoms with Crippen molar-refractivity contribution in [3.63, 3.8) is 0 Å². The van der Waals surface area contributed by atoms with Crippen molar-refractivity contribution in [2.75, 3.05) is 5.73 Å². The standard InChI is InChI=1S/C14H15ClFN5/c1-3-11-8(6-20(2)19-11)7-21-13-4-9(15)10(16)5-12(13)18-14(21)17/h4-6H,3,7H2,1-2H3,(H2,17,18). The summed E-state index contributed by atoms with van der Waals surface area (Å²) in [5.74, 6) is -0.165. The van der Waals surface area contributed by atoms with Crippen molar-refractivity contribution < 1.29 is 4.39 Å². The van der Waals surface area contributed by atoms with E-state index in [2.05, 4.69) is 10.1 Å². The molecule has 0 saturated heterocycles. The number of rotatable bonds is 3. The van der Waals surface area contributed by atoms with E-state index in [1.165, 1.54) is 6.07 Å². The third-order valence-corrected chi connectivity index (χ3v) is 3.76. The first-order chi connectivity index (χ1) is 9.99. The van der Waals surface area contributed by atoms with E-state index in [1.807, 2.05) is 24.7 Å². The molecule has 2 N–H and O–H groups in total. The van der Waals surface area contributed by atoms with Gasteiger partial charge in [0.25, 0.3) is 0 Å². The summed E-state index contributed by atoms with van der Waals surface area (Å²) in [5, 5.41) is 4.47. The number of aryl methyl sites for hydroxylation is 2. The summed E-state index contributed by atoms with van der Waals surface area (Å²) < 4.78 is 17.1. The van der Waals surface area contributed by atoms with Crippen LogP contribution in [0.25, 0.3) is 11.0 Å². The lowest BCUT2D eigenvalue weighted by Crippen LogP contribution is -2.05. The molecule has 1 aromatic carbocycles. The lowest BCUT2D eigenvalue weighted by atomic mass is 10.2. The van der Waals surface area contributed by atoms with Crippen molar-refractivity contribution in [1.82, 2.24) is 19.3 Å². The summed E-state index contributed by atoms with van der Waals surface area (Å²) in [5.41, 5.74) is 9.24. The van der Waals surface area contributed by atoms with Crippen LogP contribution in [0.2, 0.25) is 5.02 Å². The Morgan fingerprint density at radius 1 is 1.38 bits per heavy atom. The summed E-state index contributed by atoms with van der Waals surface area (Å²) >= 11 is 5.86. The number of nitrogens with zero attached hydrogens (tertiary/aromatic N) is 4. The molecule has 0 radical (unpaired) electrons. The van der Waals surface area contributed by atoms with Crippen molar-refractivity contribution in [1.29, 1.82) is 0 Å². The minimum atomic E-state index is -0.496. The maximum atomic E-state index is 13.5. The summed E-state index contributed by atoms with van der Waals surface area (Å²) in [6.07, 6.45) is 2.79. The highest BCUT2D eigenvalue weighted by atomic mass is 35.5. The molecule has 0 aliphatic rings. The molecule has 0 saturated carbocycles. The van der Waals surface area contributed by atoms with Crippen molar-refractivity contribution in [3.8, 4) is 0 Å². The predicted octanol–water partition coefficient (Wildman–Crippen LogP) is 2.76. The van der Waals surface area contributed by atoms with Gasteiger partial charge in [0.15, 0.2) is 0 Å². The molecule has 0 spiro atoms. The molecule has 7 heteroatoms. The molecule has 2 heterocycles. The van der Waals surface area contributed by atoms with Gasteiger partial charge in [0.1, 0.15) is 5.82 Å². The Hall–Kier alpha value is -2.08. The maximum absolute atomic E-state index is 13.5. The number of halogens is 2. The van der Waals surface area contributed by atoms with Crippen LogP contribution in [0.15, 0.2) is 18.3 Å². The fraction of sp³-hybridized carbons (Fsp3) is 0.286. The Kier molecular flexibility index (Phi) is 3.33. The fourth-order valence-corrected chi connectivity index (χ4v) is 2.65. The lowest BCUT2D eigenvalue weighted by Gasteiger charge is -2.06. The largest absolute Gasteiger partial charge is 0.369 e. The Morgan fingerprint density at radius 3 is 2.86 bits per heavy atom. The molecular formula is C14H15ClFN5. The number of nitrogens with two attached hydrogens (primary N) is 1. The van der Waals surface area contributed by atoms with Crippen LogP contribution >= 0.6 is 11.6 Å². The second-order valence-electron chi connectivity index (χ2n) is 4.94. The average molecular weight is 308 g/mol. The number of aromatic nitrogens is 4. The molecule has 3 aromatic rings. The smallest absolute Gasteiger partial charge is 0.201 e. The second-order valence-corrected chi connectivity index (χ2v) is 5.35. The molecule has 0 amide bonds. The van der Waals surface area contributed by atoms with E-state index in [4.69, 9.17) is 17.3 Å². The predicted molar refractivity (Wildman–Crippen MR) is 80.8 cm³/mol. The highest BCUT2D eigenvalue weighted by Crippen LogP contribution is 2.26. The van der Waals surface area contributed by atoms with E-state index in [1.54, 1.807) is 10.7 Å². The van der Waals surface area contributed by atoms with Crippen LogP contribution in [0, 0.1) is 5.82 Å². The lowest BCUT2D eigenvalue weighted by molar-refractivity contribution is 0.629. The first kappa shape index (κ1) is 13.9. The monoisotopic (exact) mass is 307 g/mol. The molecule has 21 heavy (non-hydrogen) atoms. The van der Waals surface area contributed by atoms with E-state index in [-0.39, 0.29) is 5.02 Å². The van der Waals surface area contributed by atoms with Crippen molar-refractivity contribution in [2.45, 2.75) is 19.9 Å². The van der Waals surface area contributed by atoms with E-state index in [9.17, 15) is 4.39 Å². The van der Waals surface area contributed by atoms with E-state index in [0.717, 1.165) is 17.7 Å². The Labute approximate surface area is 126 Å². The van der Waals surface area contributed by atoms with Gasteiger partial charge in [-0.05, 0) is 12.5 Å². The average Bonchev–Trinajstić information content (AvgIpc) is 2.93. The van der Waals surface area contributed by atoms with E-state index < -0.39 is 5.82 Å². The normalized spacial score (nSPS) is 11.4. The van der Waals surface area contributed by atoms with Gasteiger partial charge in [-0.15, -0.1) is 0 Å². The number of nitrogen functional groups attached to an aromatic ring is 1. The molecule has 0 unspecified atom stereocenters. The van der Waals surface area contributed by atoms with Gasteiger partial charge in [-0.3, -0.25) is 4.68 Å². The highest BCUT2D eigenvalue weighted by molar-refractivity contribution is 6.31. The number of benzene rings is 1. The Morgan fingerprint density at radius 2 is 2.14 bits per heavy atom. The molecule has 110 valence electrons. The zero-order valence-electron chi connectivity index (χ0n) is 11.8. The fourth-order valence-electron chi connectivity index (χ4n) is 2.49. The zero-order chi connectivity index (χ0) is 15.1. The first-order valence-electron chi connectivity index (χ1n) is 6.61. The number of fused-ring (bicyclic) bond motifs is 1. The quantitative estimate of drug-likeness (QED) is 0.809. The van der Waals surface area contributed by atoms with E-state index in [0.29, 0.717) is 23.5 Å². The van der Waals surface area contributed by atoms with Crippen LogP contribution in [0.5, 0.6) is 0 Å². The second kappa shape index (κ2) is 5.04. The van der Waals surface area contributed by atoms with Crippen LogP contribution in [-0.4, -0.2) is 19.3 Å². The molecule has 0 aliphatic carbocycles. The van der Waals surface area contributed by atoms with Crippen molar-refractivity contribution in [3.05, 3.63) is 40.4 Å². The van der Waals surface area contributed by atoms with Crippen LogP contribution in [0.3, 0.4) is 0 Å². The third kappa shape index (κ3) is 2.35. The van der Waals surface area contributed by atoms with Crippen LogP contribution in [0.1, 0.15) is 18.2 Å². The van der Waals surface area contributed by atoms with Gasteiger partial charge in [-0.1, -0.05) is 18.5 Å². The zero-order valence-corrected chi connectivity index (χ0v) is 12.5. The van der Waals surface area contributed by atoms with Gasteiger partial charge in [-0.25, -0.2) is 9.37 Å². The molecule has 0 fully saturated rings. The summed E-state index contributed by atoms with van der Waals surface area (Å²) in [6.45, 7) is 2.58. The first-order valence-corrected chi connectivity index (χ1v) is 6.99. The molecular weight excluding hydrogens is 293 g/mol. The topological polar surface area (TPSA) is 61.7 Å². The third-order valence-electron chi connectivity index (χ3n) is 3.47. The van der Waals surface area contributed by atoms with Gasteiger partial charge < -0.3 is 10.3 Å². The highest BCUT2D eigenvalue weighted by Gasteiger charge is 2.14. The minimum Gasteiger partial charge on any atom is -0.369 e. The van der Waals surface area contributed by atoms with Gasteiger partial charge in [0, 0.05) is 24.9 Å². The summed E-state index contributed by atoms with van der Waals surface area (Å²) in [4.78, 5) is 4.19. The number of anilines is 1. The number of hydrogen-bond acceptors (Lipinski definition) is 3. The molecule has 0 bridgehead atoms. The van der Waals surface area contributed by atoms with Gasteiger partial charge in [0.05, 0.1) is 28.3 Å². The Balaban J connectivity index is 2.11. The van der Waals surface area contributed by atoms with Crippen LogP contribution in [-0.2, 0) is 20.0 Å². The molecule has 2 aromatic heterocycles. The van der Waals surface area contributed by atoms with Crippen molar-refractivity contribution in [2.24, 2.45) is 7.05 Å². The number of hydrogen-bond donors (Lipinski definition) is 1. The van der Waals surface area contributed by atoms with Crippen molar-refractivity contribution >= 4 is 28.6 Å². The maximum Gasteiger partial charge on any atom is 0.201 e. The molecule has 3 rings (SSSR count). The molecule has 5 nitrogen and oxygen atoms in total. The van der Waals surface area contributed by atoms with Crippen LogP contribution < -0.4 is 5.73 Å². The molecule has 0 aliphatic heterocycles. The number of imidazole rings is 1. The molecule has 0 atom stereocenters. The van der Waals surface area contributed by atoms with E-state index >= 15 is 0 Å². The van der Waals surface area contributed by atoms with Gasteiger partial charge >= 0.3 is 0 Å². The van der Waals surface area contributed by atoms with Gasteiger partial charge in [0.2, 0.25) is 5.95 Å². The van der Waals surface area contributed by atoms with Gasteiger partial charge in [-0.2, -0.15) is 5.10 Å². The summed E-state index contributed by atoms with van der Waals surface area (Å²) in [7, 11) is 1.88. The summed E-state index contributed by atoms with van der Waals surface area (Å²) in [6, 6.07) is 2.85. The Bertz CT molecular complexity index is 820. The SMILES string of the molecule is CCc1nn(C)cc1Cn1c(N)nc2cc(F)c(Cl)cc21. The van der Waals surface area contributed by atoms with Crippen LogP contribution in [0.4, 0.5) is 10.3 Å². The minimum absolute atomic E-state index is 0.0607.